The number of sulfonamides is 1. The van der Waals surface area contributed by atoms with Gasteiger partial charge in [0.1, 0.15) is 5.82 Å². The van der Waals surface area contributed by atoms with Crippen molar-refractivity contribution in [2.45, 2.75) is 11.8 Å². The SMILES string of the molecule is CCN1C(=O)/C(=C/c2cccc(I)c2F)S/C1=N/S(=O)(=O)c1ccccc1. The van der Waals surface area contributed by atoms with E-state index in [2.05, 4.69) is 4.40 Å². The largest absolute Gasteiger partial charge is 0.286 e. The second-order valence-electron chi connectivity index (χ2n) is 5.47. The number of hydrogen-bond donors (Lipinski definition) is 0. The summed E-state index contributed by atoms with van der Waals surface area (Å²) in [4.78, 5) is 14.1. The van der Waals surface area contributed by atoms with Gasteiger partial charge in [-0.05, 0) is 65.6 Å². The van der Waals surface area contributed by atoms with E-state index in [1.54, 1.807) is 43.3 Å². The number of thioether (sulfide) groups is 1. The first-order valence-electron chi connectivity index (χ1n) is 7.89. The number of hydrogen-bond acceptors (Lipinski definition) is 4. The van der Waals surface area contributed by atoms with Crippen molar-refractivity contribution in [3.05, 3.63) is 68.4 Å². The number of amidine groups is 1. The van der Waals surface area contributed by atoms with Crippen LogP contribution in [0.25, 0.3) is 6.08 Å². The Labute approximate surface area is 174 Å². The summed E-state index contributed by atoms with van der Waals surface area (Å²) >= 11 is 2.79. The summed E-state index contributed by atoms with van der Waals surface area (Å²) in [6, 6.07) is 12.7. The Hall–Kier alpha value is -1.72. The molecule has 0 unspecified atom stereocenters. The highest BCUT2D eigenvalue weighted by Gasteiger charge is 2.34. The van der Waals surface area contributed by atoms with Gasteiger partial charge in [-0.2, -0.15) is 8.42 Å². The highest BCUT2D eigenvalue weighted by Crippen LogP contribution is 2.34. The second-order valence-corrected chi connectivity index (χ2v) is 9.24. The van der Waals surface area contributed by atoms with Crippen molar-refractivity contribution < 1.29 is 17.6 Å². The number of halogens is 2. The maximum atomic E-state index is 14.2. The van der Waals surface area contributed by atoms with E-state index in [1.165, 1.54) is 23.1 Å². The summed E-state index contributed by atoms with van der Waals surface area (Å²) < 4.78 is 43.5. The monoisotopic (exact) mass is 516 g/mol. The molecule has 0 atom stereocenters. The molecule has 1 heterocycles. The van der Waals surface area contributed by atoms with Crippen molar-refractivity contribution in [2.75, 3.05) is 6.54 Å². The van der Waals surface area contributed by atoms with Gasteiger partial charge in [-0.25, -0.2) is 4.39 Å². The third-order valence-corrected chi connectivity index (χ3v) is 6.95. The summed E-state index contributed by atoms with van der Waals surface area (Å²) in [5.74, 6) is -0.827. The van der Waals surface area contributed by atoms with Crippen LogP contribution in [0.5, 0.6) is 0 Å². The minimum absolute atomic E-state index is 0.0442. The van der Waals surface area contributed by atoms with Gasteiger partial charge in [0.2, 0.25) is 0 Å². The lowest BCUT2D eigenvalue weighted by Crippen LogP contribution is -2.29. The van der Waals surface area contributed by atoms with E-state index in [0.29, 0.717) is 3.57 Å². The predicted molar refractivity (Wildman–Crippen MR) is 113 cm³/mol. The molecule has 1 aliphatic rings. The van der Waals surface area contributed by atoms with Crippen LogP contribution in [0.15, 0.2) is 62.7 Å². The van der Waals surface area contributed by atoms with Crippen molar-refractivity contribution in [1.82, 2.24) is 4.90 Å². The third-order valence-electron chi connectivity index (χ3n) is 3.71. The zero-order chi connectivity index (χ0) is 19.6. The molecule has 0 radical (unpaired) electrons. The summed E-state index contributed by atoms with van der Waals surface area (Å²) in [5.41, 5.74) is 0.265. The maximum absolute atomic E-state index is 14.2. The first-order chi connectivity index (χ1) is 12.8. The van der Waals surface area contributed by atoms with Crippen LogP contribution in [0.1, 0.15) is 12.5 Å². The highest BCUT2D eigenvalue weighted by molar-refractivity contribution is 14.1. The molecular weight excluding hydrogens is 502 g/mol. The molecule has 5 nitrogen and oxygen atoms in total. The Morgan fingerprint density at radius 3 is 2.56 bits per heavy atom. The first-order valence-corrected chi connectivity index (χ1v) is 11.2. The summed E-state index contributed by atoms with van der Waals surface area (Å²) in [6.45, 7) is 1.97. The minimum atomic E-state index is -3.95. The predicted octanol–water partition coefficient (Wildman–Crippen LogP) is 4.11. The van der Waals surface area contributed by atoms with Crippen LogP contribution in [0.4, 0.5) is 4.39 Å². The molecule has 0 N–H and O–H groups in total. The lowest BCUT2D eigenvalue weighted by molar-refractivity contribution is -0.122. The quantitative estimate of drug-likeness (QED) is 0.453. The lowest BCUT2D eigenvalue weighted by atomic mass is 10.2. The standard InChI is InChI=1S/C18H14FIN2O3S2/c1-2-22-17(23)15(11-12-7-6-10-14(20)16(12)19)26-18(22)21-27(24,25)13-8-4-3-5-9-13/h3-11H,2H2,1H3/b15-11-,21-18+. The van der Waals surface area contributed by atoms with Crippen LogP contribution < -0.4 is 0 Å². The van der Waals surface area contributed by atoms with Crippen molar-refractivity contribution in [1.29, 1.82) is 0 Å². The molecule has 0 aromatic heterocycles. The molecule has 0 bridgehead atoms. The fraction of sp³-hybridized carbons (Fsp3) is 0.111. The molecule has 9 heteroatoms. The molecule has 1 fully saturated rings. The van der Waals surface area contributed by atoms with Crippen LogP contribution >= 0.6 is 34.4 Å². The number of carbonyl (C=O) groups is 1. The molecule has 1 amide bonds. The maximum Gasteiger partial charge on any atom is 0.284 e. The molecule has 0 saturated carbocycles. The average molecular weight is 516 g/mol. The van der Waals surface area contributed by atoms with Gasteiger partial charge in [-0.15, -0.1) is 4.40 Å². The van der Waals surface area contributed by atoms with Gasteiger partial charge < -0.3 is 0 Å². The molecule has 2 aromatic carbocycles. The number of carbonyl (C=O) groups excluding carboxylic acids is 1. The van der Waals surface area contributed by atoms with Crippen LogP contribution in [0.3, 0.4) is 0 Å². The molecule has 1 saturated heterocycles. The van der Waals surface area contributed by atoms with Gasteiger partial charge in [-0.1, -0.05) is 30.3 Å². The van der Waals surface area contributed by atoms with Gasteiger partial charge in [0.25, 0.3) is 15.9 Å². The summed E-state index contributed by atoms with van der Waals surface area (Å²) in [6.07, 6.45) is 1.42. The fourth-order valence-electron chi connectivity index (χ4n) is 2.38. The Morgan fingerprint density at radius 2 is 1.89 bits per heavy atom. The minimum Gasteiger partial charge on any atom is -0.286 e. The zero-order valence-electron chi connectivity index (χ0n) is 14.1. The molecule has 3 rings (SSSR count). The molecule has 0 spiro atoms. The molecule has 1 aliphatic heterocycles. The van der Waals surface area contributed by atoms with Crippen molar-refractivity contribution in [2.24, 2.45) is 4.40 Å². The molecule has 140 valence electrons. The number of likely N-dealkylation sites (N-methyl/N-ethyl adjacent to an activating group) is 1. The highest BCUT2D eigenvalue weighted by atomic mass is 127. The zero-order valence-corrected chi connectivity index (χ0v) is 17.9. The van der Waals surface area contributed by atoms with Gasteiger partial charge in [0.05, 0.1) is 9.80 Å². The van der Waals surface area contributed by atoms with Gasteiger partial charge in [0.15, 0.2) is 5.17 Å². The summed E-state index contributed by atoms with van der Waals surface area (Å²) in [7, 11) is -3.95. The van der Waals surface area contributed by atoms with Crippen molar-refractivity contribution in [3.63, 3.8) is 0 Å². The van der Waals surface area contributed by atoms with E-state index in [0.717, 1.165) is 11.8 Å². The second kappa shape index (κ2) is 8.11. The first kappa shape index (κ1) is 20.0. The Morgan fingerprint density at radius 1 is 1.19 bits per heavy atom. The molecule has 0 aliphatic carbocycles. The van der Waals surface area contributed by atoms with Crippen molar-refractivity contribution in [3.8, 4) is 0 Å². The van der Waals surface area contributed by atoms with E-state index in [9.17, 15) is 17.6 Å². The topological polar surface area (TPSA) is 66.8 Å². The van der Waals surface area contributed by atoms with Crippen molar-refractivity contribution >= 4 is 61.5 Å². The van der Waals surface area contributed by atoms with E-state index < -0.39 is 21.7 Å². The van der Waals surface area contributed by atoms with Crippen LogP contribution in [0.2, 0.25) is 0 Å². The Bertz CT molecular complexity index is 1050. The van der Waals surface area contributed by atoms with Gasteiger partial charge in [-0.3, -0.25) is 9.69 Å². The van der Waals surface area contributed by atoms with Crippen LogP contribution in [-0.4, -0.2) is 30.9 Å². The smallest absolute Gasteiger partial charge is 0.284 e. The average Bonchev–Trinajstić information content (AvgIpc) is 2.93. The van der Waals surface area contributed by atoms with E-state index >= 15 is 0 Å². The normalized spacial score (nSPS) is 17.9. The number of benzene rings is 2. The molecular formula is C18H14FIN2O3S2. The molecule has 27 heavy (non-hydrogen) atoms. The van der Waals surface area contributed by atoms with E-state index in [-0.39, 0.29) is 27.1 Å². The van der Waals surface area contributed by atoms with Gasteiger partial charge >= 0.3 is 0 Å². The van der Waals surface area contributed by atoms with Gasteiger partial charge in [0, 0.05) is 15.7 Å². The molecule has 2 aromatic rings. The Balaban J connectivity index is 2.00. The third kappa shape index (κ3) is 4.25. The van der Waals surface area contributed by atoms with Crippen LogP contribution in [-0.2, 0) is 14.8 Å². The number of nitrogens with zero attached hydrogens (tertiary/aromatic N) is 2. The lowest BCUT2D eigenvalue weighted by Gasteiger charge is -2.11. The van der Waals surface area contributed by atoms with E-state index in [1.807, 2.05) is 22.6 Å². The Kier molecular flexibility index (Phi) is 6.02. The van der Waals surface area contributed by atoms with Crippen LogP contribution in [0, 0.1) is 9.39 Å². The fourth-order valence-corrected chi connectivity index (χ4v) is 5.15. The number of amides is 1. The summed E-state index contributed by atoms with van der Waals surface area (Å²) in [5, 5.41) is 0.0589. The van der Waals surface area contributed by atoms with E-state index in [4.69, 9.17) is 0 Å². The number of rotatable bonds is 4.